The number of rotatable bonds is 6. The molecule has 0 unspecified atom stereocenters. The molecule has 0 spiro atoms. The molecule has 0 fully saturated rings. The van der Waals surface area contributed by atoms with Crippen LogP contribution < -0.4 is 10.2 Å². The van der Waals surface area contributed by atoms with Gasteiger partial charge < -0.3 is 14.7 Å². The molecular formula is C21H19N3O5S. The lowest BCUT2D eigenvalue weighted by Gasteiger charge is -2.11. The second-order valence-corrected chi connectivity index (χ2v) is 9.10. The average molecular weight is 425 g/mol. The fourth-order valence-electron chi connectivity index (χ4n) is 3.29. The van der Waals surface area contributed by atoms with E-state index >= 15 is 0 Å². The highest BCUT2D eigenvalue weighted by molar-refractivity contribution is 7.91. The number of anilines is 2. The molecule has 2 aromatic carbocycles. The minimum Gasteiger partial charge on any atom is -0.356 e. The number of nitrogens with zero attached hydrogens (tertiary/aromatic N) is 2. The van der Waals surface area contributed by atoms with Gasteiger partial charge in [0.25, 0.3) is 0 Å². The van der Waals surface area contributed by atoms with Crippen LogP contribution in [0.2, 0.25) is 0 Å². The smallest absolute Gasteiger partial charge is 0.231 e. The Kier molecular flexibility index (Phi) is 5.13. The highest BCUT2D eigenvalue weighted by atomic mass is 32.2. The molecule has 1 aliphatic heterocycles. The van der Waals surface area contributed by atoms with Crippen molar-refractivity contribution < 1.29 is 22.5 Å². The topological polar surface area (TPSA) is 110 Å². The Labute approximate surface area is 173 Å². The molecule has 2 amide bonds. The van der Waals surface area contributed by atoms with Crippen molar-refractivity contribution in [2.75, 3.05) is 23.0 Å². The molecule has 0 aliphatic carbocycles. The van der Waals surface area contributed by atoms with Crippen molar-refractivity contribution in [3.05, 3.63) is 60.3 Å². The molecule has 4 rings (SSSR count). The van der Waals surface area contributed by atoms with E-state index in [-0.39, 0.29) is 29.4 Å². The predicted octanol–water partition coefficient (Wildman–Crippen LogP) is 2.66. The third-order valence-corrected chi connectivity index (χ3v) is 6.69. The maximum Gasteiger partial charge on any atom is 0.231 e. The number of sulfone groups is 1. The number of fused-ring (bicyclic) bond motifs is 1. The van der Waals surface area contributed by atoms with Crippen LogP contribution in [-0.2, 0) is 25.8 Å². The lowest BCUT2D eigenvalue weighted by atomic mass is 10.1. The SMILES string of the molecule is CN1C(=O)Cc2cc(S(=O)(=O)CCC(=O)Nc3ccc(-c4ccno4)cc3)ccc21. The standard InChI is InChI=1S/C21H19N3O5S/c1-24-18-7-6-17(12-15(18)13-21(24)26)30(27,28)11-9-20(25)23-16-4-2-14(3-5-16)19-8-10-22-29-19/h2-8,10,12H,9,11,13H2,1H3,(H,23,25). The van der Waals surface area contributed by atoms with E-state index in [1.54, 1.807) is 49.6 Å². The molecule has 154 valence electrons. The molecule has 9 heteroatoms. The fraction of sp³-hybridized carbons (Fsp3) is 0.190. The van der Waals surface area contributed by atoms with Crippen molar-refractivity contribution >= 4 is 33.0 Å². The van der Waals surface area contributed by atoms with Crippen LogP contribution in [0.15, 0.2) is 64.1 Å². The van der Waals surface area contributed by atoms with Gasteiger partial charge in [0.15, 0.2) is 15.6 Å². The number of carbonyl (C=O) groups is 2. The molecule has 1 aromatic heterocycles. The van der Waals surface area contributed by atoms with E-state index in [9.17, 15) is 18.0 Å². The Morgan fingerprint density at radius 1 is 1.17 bits per heavy atom. The van der Waals surface area contributed by atoms with Crippen molar-refractivity contribution in [1.82, 2.24) is 5.16 Å². The van der Waals surface area contributed by atoms with Gasteiger partial charge in [0.1, 0.15) is 0 Å². The Balaban J connectivity index is 1.37. The summed E-state index contributed by atoms with van der Waals surface area (Å²) in [5.41, 5.74) is 2.76. The van der Waals surface area contributed by atoms with Crippen molar-refractivity contribution in [3.8, 4) is 11.3 Å². The van der Waals surface area contributed by atoms with E-state index in [0.717, 1.165) is 5.56 Å². The fourth-order valence-corrected chi connectivity index (χ4v) is 4.58. The van der Waals surface area contributed by atoms with Crippen LogP contribution in [0.4, 0.5) is 11.4 Å². The molecule has 0 atom stereocenters. The minimum absolute atomic E-state index is 0.0757. The highest BCUT2D eigenvalue weighted by Gasteiger charge is 2.26. The highest BCUT2D eigenvalue weighted by Crippen LogP contribution is 2.30. The van der Waals surface area contributed by atoms with Crippen molar-refractivity contribution in [3.63, 3.8) is 0 Å². The zero-order valence-electron chi connectivity index (χ0n) is 16.2. The third kappa shape index (κ3) is 3.97. The van der Waals surface area contributed by atoms with Gasteiger partial charge in [-0.05, 0) is 48.0 Å². The summed E-state index contributed by atoms with van der Waals surface area (Å²) < 4.78 is 30.3. The predicted molar refractivity (Wildman–Crippen MR) is 111 cm³/mol. The third-order valence-electron chi connectivity index (χ3n) is 4.98. The molecule has 0 bridgehead atoms. The van der Waals surface area contributed by atoms with E-state index in [2.05, 4.69) is 10.5 Å². The maximum absolute atomic E-state index is 12.6. The second-order valence-electron chi connectivity index (χ2n) is 6.99. The van der Waals surface area contributed by atoms with Crippen LogP contribution in [0.25, 0.3) is 11.3 Å². The first-order valence-electron chi connectivity index (χ1n) is 9.27. The Morgan fingerprint density at radius 3 is 2.63 bits per heavy atom. The summed E-state index contributed by atoms with van der Waals surface area (Å²) in [6, 6.07) is 13.3. The summed E-state index contributed by atoms with van der Waals surface area (Å²) in [7, 11) is -1.99. The first kappa shape index (κ1) is 19.8. The largest absolute Gasteiger partial charge is 0.356 e. The molecule has 3 aromatic rings. The Morgan fingerprint density at radius 2 is 1.93 bits per heavy atom. The molecule has 1 aliphatic rings. The molecule has 1 N–H and O–H groups in total. The first-order valence-corrected chi connectivity index (χ1v) is 10.9. The van der Waals surface area contributed by atoms with E-state index in [0.29, 0.717) is 22.7 Å². The van der Waals surface area contributed by atoms with Gasteiger partial charge in [0.05, 0.1) is 23.3 Å². The second kappa shape index (κ2) is 7.75. The summed E-state index contributed by atoms with van der Waals surface area (Å²) in [4.78, 5) is 25.6. The van der Waals surface area contributed by atoms with Crippen LogP contribution in [0.5, 0.6) is 0 Å². The quantitative estimate of drug-likeness (QED) is 0.650. The monoisotopic (exact) mass is 425 g/mol. The zero-order chi connectivity index (χ0) is 21.3. The Bertz CT molecular complexity index is 1200. The lowest BCUT2D eigenvalue weighted by Crippen LogP contribution is -2.20. The van der Waals surface area contributed by atoms with Gasteiger partial charge in [0.2, 0.25) is 11.8 Å². The number of nitrogens with one attached hydrogen (secondary N) is 1. The number of aromatic nitrogens is 1. The van der Waals surface area contributed by atoms with Crippen LogP contribution >= 0.6 is 0 Å². The first-order chi connectivity index (χ1) is 14.3. The summed E-state index contributed by atoms with van der Waals surface area (Å²) in [5, 5.41) is 6.34. The number of likely N-dealkylation sites (N-methyl/N-ethyl adjacent to an activating group) is 1. The average Bonchev–Trinajstić information content (AvgIpc) is 3.36. The number of benzene rings is 2. The molecule has 8 nitrogen and oxygen atoms in total. The molecule has 0 saturated carbocycles. The van der Waals surface area contributed by atoms with Gasteiger partial charge in [-0.3, -0.25) is 9.59 Å². The number of amides is 2. The van der Waals surface area contributed by atoms with E-state index in [4.69, 9.17) is 4.52 Å². The van der Waals surface area contributed by atoms with Gasteiger partial charge in [-0.15, -0.1) is 0 Å². The van der Waals surface area contributed by atoms with Crippen molar-refractivity contribution in [2.24, 2.45) is 0 Å². The minimum atomic E-state index is -3.65. The maximum atomic E-state index is 12.6. The molecule has 30 heavy (non-hydrogen) atoms. The summed E-state index contributed by atoms with van der Waals surface area (Å²) >= 11 is 0. The lowest BCUT2D eigenvalue weighted by molar-refractivity contribution is -0.117. The van der Waals surface area contributed by atoms with Crippen LogP contribution in [0, 0.1) is 0 Å². The van der Waals surface area contributed by atoms with E-state index < -0.39 is 15.7 Å². The van der Waals surface area contributed by atoms with Crippen molar-refractivity contribution in [2.45, 2.75) is 17.7 Å². The van der Waals surface area contributed by atoms with E-state index in [1.807, 2.05) is 0 Å². The summed E-state index contributed by atoms with van der Waals surface area (Å²) in [5.74, 6) is -0.186. The number of hydrogen-bond donors (Lipinski definition) is 1. The zero-order valence-corrected chi connectivity index (χ0v) is 17.0. The van der Waals surface area contributed by atoms with Gasteiger partial charge in [-0.2, -0.15) is 0 Å². The summed E-state index contributed by atoms with van der Waals surface area (Å²) in [6.07, 6.45) is 1.55. The van der Waals surface area contributed by atoms with Gasteiger partial charge in [-0.25, -0.2) is 8.42 Å². The number of hydrogen-bond acceptors (Lipinski definition) is 6. The van der Waals surface area contributed by atoms with Crippen LogP contribution in [-0.4, -0.2) is 38.2 Å². The molecule has 2 heterocycles. The molecular weight excluding hydrogens is 406 g/mol. The van der Waals surface area contributed by atoms with Gasteiger partial charge in [-0.1, -0.05) is 5.16 Å². The van der Waals surface area contributed by atoms with Crippen LogP contribution in [0.3, 0.4) is 0 Å². The van der Waals surface area contributed by atoms with Crippen LogP contribution in [0.1, 0.15) is 12.0 Å². The van der Waals surface area contributed by atoms with Gasteiger partial charge >= 0.3 is 0 Å². The Hall–Kier alpha value is -3.46. The molecule has 0 saturated heterocycles. The van der Waals surface area contributed by atoms with Gasteiger partial charge in [0, 0.05) is 36.5 Å². The van der Waals surface area contributed by atoms with E-state index in [1.165, 1.54) is 17.0 Å². The normalized spacial score (nSPS) is 13.4. The van der Waals surface area contributed by atoms with Crippen molar-refractivity contribution in [1.29, 1.82) is 0 Å². The summed E-state index contributed by atoms with van der Waals surface area (Å²) in [6.45, 7) is 0. The number of carbonyl (C=O) groups excluding carboxylic acids is 2. The molecule has 0 radical (unpaired) electrons.